The molecule has 0 saturated carbocycles. The number of nitrogens with zero attached hydrogens (tertiary/aromatic N) is 4. The Balaban J connectivity index is 1.31. The van der Waals surface area contributed by atoms with Crippen LogP contribution in [-0.4, -0.2) is 59.4 Å². The lowest BCUT2D eigenvalue weighted by atomic mass is 9.79. The first kappa shape index (κ1) is 17.8. The van der Waals surface area contributed by atoms with Crippen LogP contribution in [0.3, 0.4) is 0 Å². The van der Waals surface area contributed by atoms with E-state index < -0.39 is 0 Å². The Bertz CT molecular complexity index is 815. The maximum Gasteiger partial charge on any atom is 0.267 e. The number of aryl methyl sites for hydroxylation is 1. The van der Waals surface area contributed by atoms with Crippen molar-refractivity contribution in [1.82, 2.24) is 19.9 Å². The normalized spacial score (nSPS) is 20.5. The van der Waals surface area contributed by atoms with E-state index >= 15 is 0 Å². The lowest BCUT2D eigenvalue weighted by Gasteiger charge is -2.50. The number of aromatic nitrogens is 3. The molecule has 1 amide bonds. The molecule has 27 heavy (non-hydrogen) atoms. The van der Waals surface area contributed by atoms with E-state index in [0.717, 1.165) is 38.4 Å². The van der Waals surface area contributed by atoms with Crippen molar-refractivity contribution in [3.8, 4) is 5.88 Å². The second-order valence-corrected chi connectivity index (χ2v) is 7.22. The summed E-state index contributed by atoms with van der Waals surface area (Å²) in [7, 11) is 3.48. The fraction of sp³-hybridized carbons (Fsp3) is 0.526. The van der Waals surface area contributed by atoms with Gasteiger partial charge in [0.1, 0.15) is 23.4 Å². The van der Waals surface area contributed by atoms with Gasteiger partial charge in [-0.3, -0.25) is 4.79 Å². The number of carbonyl (C=O) groups excluding carboxylic acids is 1. The van der Waals surface area contributed by atoms with Crippen molar-refractivity contribution in [2.24, 2.45) is 13.0 Å². The Morgan fingerprint density at radius 3 is 3.04 bits per heavy atom. The number of anilines is 1. The first-order valence-corrected chi connectivity index (χ1v) is 9.26. The summed E-state index contributed by atoms with van der Waals surface area (Å²) in [5.41, 5.74) is 0.549. The van der Waals surface area contributed by atoms with E-state index in [2.05, 4.69) is 20.2 Å². The maximum atomic E-state index is 12.2. The van der Waals surface area contributed by atoms with Crippen molar-refractivity contribution in [2.45, 2.75) is 18.4 Å². The number of ether oxygens (including phenoxy) is 2. The van der Waals surface area contributed by atoms with Crippen LogP contribution in [0, 0.1) is 5.92 Å². The highest BCUT2D eigenvalue weighted by atomic mass is 16.5. The molecule has 1 N–H and O–H groups in total. The van der Waals surface area contributed by atoms with Crippen LogP contribution in [0.2, 0.25) is 0 Å². The van der Waals surface area contributed by atoms with Crippen LogP contribution in [0.4, 0.5) is 5.82 Å². The van der Waals surface area contributed by atoms with E-state index in [-0.39, 0.29) is 11.5 Å². The molecular formula is C19H25N5O3. The van der Waals surface area contributed by atoms with Gasteiger partial charge in [-0.15, -0.1) is 0 Å². The van der Waals surface area contributed by atoms with E-state index in [4.69, 9.17) is 9.47 Å². The molecule has 2 saturated heterocycles. The van der Waals surface area contributed by atoms with E-state index in [1.54, 1.807) is 7.11 Å². The Kier molecular flexibility index (Phi) is 4.73. The molecule has 2 fully saturated rings. The summed E-state index contributed by atoms with van der Waals surface area (Å²) < 4.78 is 13.1. The molecule has 1 unspecified atom stereocenters. The molecule has 2 aliphatic heterocycles. The summed E-state index contributed by atoms with van der Waals surface area (Å²) in [4.78, 5) is 22.8. The number of amides is 1. The van der Waals surface area contributed by atoms with Crippen LogP contribution in [0.1, 0.15) is 23.3 Å². The number of nitrogens with one attached hydrogen (secondary N) is 1. The third-order valence-corrected chi connectivity index (χ3v) is 5.63. The third kappa shape index (κ3) is 3.37. The molecule has 144 valence electrons. The Labute approximate surface area is 158 Å². The lowest BCUT2D eigenvalue weighted by molar-refractivity contribution is -0.0455. The smallest absolute Gasteiger partial charge is 0.267 e. The number of hydrogen-bond acceptors (Lipinski definition) is 6. The van der Waals surface area contributed by atoms with Gasteiger partial charge in [0.05, 0.1) is 20.2 Å². The molecule has 8 heteroatoms. The van der Waals surface area contributed by atoms with Gasteiger partial charge in [0.2, 0.25) is 5.88 Å². The van der Waals surface area contributed by atoms with Gasteiger partial charge in [-0.25, -0.2) is 9.97 Å². The molecule has 1 atom stereocenters. The van der Waals surface area contributed by atoms with Crippen molar-refractivity contribution in [3.05, 3.63) is 36.4 Å². The summed E-state index contributed by atoms with van der Waals surface area (Å²) in [6.45, 7) is 3.05. The van der Waals surface area contributed by atoms with Crippen LogP contribution in [-0.2, 0) is 11.8 Å². The minimum atomic E-state index is -0.131. The highest BCUT2D eigenvalue weighted by Gasteiger charge is 2.53. The van der Waals surface area contributed by atoms with Gasteiger partial charge in [0.15, 0.2) is 0 Å². The van der Waals surface area contributed by atoms with Crippen LogP contribution in [0.25, 0.3) is 0 Å². The fourth-order valence-electron chi connectivity index (χ4n) is 4.07. The molecule has 1 spiro atoms. The second kappa shape index (κ2) is 7.19. The highest BCUT2D eigenvalue weighted by molar-refractivity contribution is 5.92. The number of carbonyl (C=O) groups is 1. The molecule has 8 nitrogen and oxygen atoms in total. The molecule has 4 heterocycles. The maximum absolute atomic E-state index is 12.2. The number of methoxy groups -OCH3 is 1. The standard InChI is InChI=1S/C19H25N5O3/c1-23-8-3-4-15(23)18(25)20-7-5-14-6-9-27-19(14)11-24(12-19)16-10-17(26-2)22-13-21-16/h3-4,8,10,13-14H,5-7,9,11-12H2,1-2H3,(H,20,25). The Morgan fingerprint density at radius 2 is 2.30 bits per heavy atom. The SMILES string of the molecule is COc1cc(N2CC3(C2)OCCC3CCNC(=O)c2cccn2C)ncn1. The molecule has 0 radical (unpaired) electrons. The minimum absolute atomic E-state index is 0.0289. The van der Waals surface area contributed by atoms with Gasteiger partial charge in [0, 0.05) is 32.5 Å². The third-order valence-electron chi connectivity index (χ3n) is 5.63. The zero-order valence-electron chi connectivity index (χ0n) is 15.7. The number of rotatable bonds is 6. The van der Waals surface area contributed by atoms with Crippen molar-refractivity contribution in [3.63, 3.8) is 0 Å². The van der Waals surface area contributed by atoms with Crippen LogP contribution >= 0.6 is 0 Å². The monoisotopic (exact) mass is 371 g/mol. The summed E-state index contributed by atoms with van der Waals surface area (Å²) in [5.74, 6) is 1.83. The quantitative estimate of drug-likeness (QED) is 0.823. The summed E-state index contributed by atoms with van der Waals surface area (Å²) in [6.07, 6.45) is 5.34. The predicted molar refractivity (Wildman–Crippen MR) is 100.0 cm³/mol. The van der Waals surface area contributed by atoms with Crippen molar-refractivity contribution < 1.29 is 14.3 Å². The predicted octanol–water partition coefficient (Wildman–Crippen LogP) is 1.24. The van der Waals surface area contributed by atoms with Crippen LogP contribution in [0.5, 0.6) is 5.88 Å². The van der Waals surface area contributed by atoms with Gasteiger partial charge in [-0.1, -0.05) is 0 Å². The van der Waals surface area contributed by atoms with Gasteiger partial charge in [-0.05, 0) is 30.9 Å². The van der Waals surface area contributed by atoms with E-state index in [0.29, 0.717) is 24.0 Å². The van der Waals surface area contributed by atoms with E-state index in [9.17, 15) is 4.79 Å². The molecule has 2 aromatic rings. The zero-order valence-corrected chi connectivity index (χ0v) is 15.7. The molecule has 2 aliphatic rings. The van der Waals surface area contributed by atoms with Crippen LogP contribution in [0.15, 0.2) is 30.7 Å². The summed E-state index contributed by atoms with van der Waals surface area (Å²) >= 11 is 0. The molecule has 0 bridgehead atoms. The van der Waals surface area contributed by atoms with Crippen molar-refractivity contribution in [2.75, 3.05) is 38.3 Å². The summed E-state index contributed by atoms with van der Waals surface area (Å²) in [5, 5.41) is 3.03. The molecule has 0 aliphatic carbocycles. The fourth-order valence-corrected chi connectivity index (χ4v) is 4.07. The summed E-state index contributed by atoms with van der Waals surface area (Å²) in [6, 6.07) is 5.55. The lowest BCUT2D eigenvalue weighted by Crippen LogP contribution is -2.65. The van der Waals surface area contributed by atoms with E-state index in [1.165, 1.54) is 6.33 Å². The largest absolute Gasteiger partial charge is 0.481 e. The topological polar surface area (TPSA) is 81.5 Å². The Morgan fingerprint density at radius 1 is 1.44 bits per heavy atom. The van der Waals surface area contributed by atoms with Gasteiger partial charge in [0.25, 0.3) is 5.91 Å². The van der Waals surface area contributed by atoms with E-state index in [1.807, 2.05) is 36.0 Å². The first-order valence-electron chi connectivity index (χ1n) is 9.26. The highest BCUT2D eigenvalue weighted by Crippen LogP contribution is 2.43. The Hall–Kier alpha value is -2.61. The van der Waals surface area contributed by atoms with Gasteiger partial charge >= 0.3 is 0 Å². The van der Waals surface area contributed by atoms with Gasteiger partial charge < -0.3 is 24.3 Å². The van der Waals surface area contributed by atoms with Gasteiger partial charge in [-0.2, -0.15) is 0 Å². The zero-order chi connectivity index (χ0) is 18.9. The molecule has 2 aromatic heterocycles. The van der Waals surface area contributed by atoms with Crippen molar-refractivity contribution >= 4 is 11.7 Å². The first-order chi connectivity index (χ1) is 13.1. The average Bonchev–Trinajstić information content (AvgIpc) is 3.26. The number of hydrogen-bond donors (Lipinski definition) is 1. The minimum Gasteiger partial charge on any atom is -0.481 e. The molecule has 4 rings (SSSR count). The second-order valence-electron chi connectivity index (χ2n) is 7.22. The van der Waals surface area contributed by atoms with Crippen molar-refractivity contribution in [1.29, 1.82) is 0 Å². The molecular weight excluding hydrogens is 346 g/mol. The molecule has 0 aromatic carbocycles. The average molecular weight is 371 g/mol. The van der Waals surface area contributed by atoms with Crippen LogP contribution < -0.4 is 15.0 Å².